The second-order valence-electron chi connectivity index (χ2n) is 9.17. The maximum atomic E-state index is 13.1. The smallest absolute Gasteiger partial charge is 0.245 e. The molecule has 0 heterocycles. The van der Waals surface area contributed by atoms with Crippen LogP contribution in [0.5, 0.6) is 0 Å². The molecule has 0 bridgehead atoms. The molecule has 3 amide bonds. The number of hydrogen-bond donors (Lipinski definition) is 5. The summed E-state index contributed by atoms with van der Waals surface area (Å²) < 4.78 is 0. The number of rotatable bonds is 12. The third-order valence-corrected chi connectivity index (χ3v) is 6.02. The van der Waals surface area contributed by atoms with Gasteiger partial charge in [0.25, 0.3) is 0 Å². The Kier molecular flexibility index (Phi) is 12.2. The van der Waals surface area contributed by atoms with Gasteiger partial charge in [-0.15, -0.1) is 12.4 Å². The van der Waals surface area contributed by atoms with E-state index in [1.54, 1.807) is 13.8 Å². The zero-order valence-electron chi connectivity index (χ0n) is 21.0. The van der Waals surface area contributed by atoms with Gasteiger partial charge in [0, 0.05) is 25.4 Å². The molecule has 0 aliphatic carbocycles. The molecule has 6 N–H and O–H groups in total. The molecule has 0 aromatic heterocycles. The van der Waals surface area contributed by atoms with E-state index >= 15 is 0 Å². The molecule has 1 unspecified atom stereocenters. The Bertz CT molecular complexity index is 994. The van der Waals surface area contributed by atoms with Crippen LogP contribution in [0.4, 0.5) is 0 Å². The number of hydrogen-bond acceptors (Lipinski definition) is 5. The van der Waals surface area contributed by atoms with Crippen LogP contribution >= 0.6 is 12.4 Å². The number of amides is 3. The fourth-order valence-electron chi connectivity index (χ4n) is 3.70. The van der Waals surface area contributed by atoms with Crippen molar-refractivity contribution in [3.05, 3.63) is 48.0 Å². The first-order valence-corrected chi connectivity index (χ1v) is 11.9. The minimum atomic E-state index is -1.21. The maximum absolute atomic E-state index is 13.1. The predicted molar refractivity (Wildman–Crippen MR) is 141 cm³/mol. The summed E-state index contributed by atoms with van der Waals surface area (Å²) in [7, 11) is 0. The lowest BCUT2D eigenvalue weighted by Crippen LogP contribution is -2.60. The Labute approximate surface area is 213 Å². The first-order valence-electron chi connectivity index (χ1n) is 11.9. The highest BCUT2D eigenvalue weighted by atomic mass is 35.5. The number of fused-ring (bicyclic) bond motifs is 1. The van der Waals surface area contributed by atoms with Crippen LogP contribution in [0, 0.1) is 5.92 Å². The lowest BCUT2D eigenvalue weighted by molar-refractivity contribution is -0.136. The van der Waals surface area contributed by atoms with Crippen LogP contribution in [-0.4, -0.2) is 53.6 Å². The van der Waals surface area contributed by atoms with Crippen molar-refractivity contribution in [2.24, 2.45) is 11.7 Å². The van der Waals surface area contributed by atoms with E-state index in [1.165, 1.54) is 0 Å². The van der Waals surface area contributed by atoms with E-state index < -0.39 is 29.5 Å². The SMILES string of the molecule is CCC(CC)C(=O)NC(C)(C)C(=O)N[C@H](Cc1ccc2ccccc2c1)C(=O)NCC(O)CN.Cl. The van der Waals surface area contributed by atoms with Crippen LogP contribution in [0.25, 0.3) is 10.8 Å². The zero-order valence-corrected chi connectivity index (χ0v) is 21.8. The van der Waals surface area contributed by atoms with Crippen LogP contribution in [0.1, 0.15) is 46.1 Å². The van der Waals surface area contributed by atoms with Gasteiger partial charge in [0.05, 0.1) is 6.10 Å². The number of carbonyl (C=O) groups is 3. The van der Waals surface area contributed by atoms with Crippen LogP contribution in [-0.2, 0) is 20.8 Å². The van der Waals surface area contributed by atoms with Gasteiger partial charge in [-0.1, -0.05) is 56.3 Å². The molecule has 0 fully saturated rings. The summed E-state index contributed by atoms with van der Waals surface area (Å²) >= 11 is 0. The fraction of sp³-hybridized carbons (Fsp3) is 0.500. The number of aliphatic hydroxyl groups is 1. The van der Waals surface area contributed by atoms with Gasteiger partial charge in [0.2, 0.25) is 17.7 Å². The first kappa shape index (κ1) is 30.4. The van der Waals surface area contributed by atoms with Gasteiger partial charge in [-0.25, -0.2) is 0 Å². The first-order chi connectivity index (χ1) is 16.1. The second-order valence-corrected chi connectivity index (χ2v) is 9.17. The average molecular weight is 507 g/mol. The Morgan fingerprint density at radius 3 is 2.23 bits per heavy atom. The number of halogens is 1. The maximum Gasteiger partial charge on any atom is 0.245 e. The van der Waals surface area contributed by atoms with E-state index in [1.807, 2.05) is 56.3 Å². The third-order valence-electron chi connectivity index (χ3n) is 6.02. The van der Waals surface area contributed by atoms with Crippen molar-refractivity contribution in [1.82, 2.24) is 16.0 Å². The van der Waals surface area contributed by atoms with E-state index in [4.69, 9.17) is 5.73 Å². The Morgan fingerprint density at radius 2 is 1.63 bits per heavy atom. The topological polar surface area (TPSA) is 134 Å². The van der Waals surface area contributed by atoms with E-state index in [-0.39, 0.29) is 43.7 Å². The number of nitrogens with one attached hydrogen (secondary N) is 3. The molecule has 2 aromatic carbocycles. The molecular weight excluding hydrogens is 468 g/mol. The van der Waals surface area contributed by atoms with Gasteiger partial charge >= 0.3 is 0 Å². The quantitative estimate of drug-likeness (QED) is 0.300. The molecule has 35 heavy (non-hydrogen) atoms. The highest BCUT2D eigenvalue weighted by Crippen LogP contribution is 2.17. The molecule has 0 aliphatic heterocycles. The van der Waals surface area contributed by atoms with Gasteiger partial charge < -0.3 is 26.8 Å². The molecule has 2 atom stereocenters. The fourth-order valence-corrected chi connectivity index (χ4v) is 3.70. The minimum Gasteiger partial charge on any atom is -0.390 e. The Morgan fingerprint density at radius 1 is 1.00 bits per heavy atom. The molecule has 0 radical (unpaired) electrons. The largest absolute Gasteiger partial charge is 0.390 e. The van der Waals surface area contributed by atoms with Crippen LogP contribution in [0.3, 0.4) is 0 Å². The van der Waals surface area contributed by atoms with Gasteiger partial charge in [-0.05, 0) is 43.0 Å². The molecule has 0 saturated carbocycles. The van der Waals surface area contributed by atoms with E-state index in [0.29, 0.717) is 12.8 Å². The number of benzene rings is 2. The lowest BCUT2D eigenvalue weighted by Gasteiger charge is -2.29. The monoisotopic (exact) mass is 506 g/mol. The molecule has 0 aliphatic rings. The Balaban J connectivity index is 0.00000612. The van der Waals surface area contributed by atoms with Crippen LogP contribution in [0.2, 0.25) is 0 Å². The lowest BCUT2D eigenvalue weighted by atomic mass is 9.97. The predicted octanol–water partition coefficient (Wildman–Crippen LogP) is 2.06. The number of aliphatic hydroxyl groups excluding tert-OH is 1. The summed E-state index contributed by atoms with van der Waals surface area (Å²) in [4.78, 5) is 38.6. The molecule has 194 valence electrons. The third kappa shape index (κ3) is 8.80. The molecule has 0 spiro atoms. The van der Waals surface area contributed by atoms with Crippen molar-refractivity contribution < 1.29 is 19.5 Å². The summed E-state index contributed by atoms with van der Waals surface area (Å²) in [6.07, 6.45) is 0.724. The van der Waals surface area contributed by atoms with Crippen LogP contribution in [0.15, 0.2) is 42.5 Å². The minimum absolute atomic E-state index is 0. The van der Waals surface area contributed by atoms with Crippen molar-refractivity contribution >= 4 is 40.9 Å². The van der Waals surface area contributed by atoms with Crippen molar-refractivity contribution in [2.75, 3.05) is 13.1 Å². The van der Waals surface area contributed by atoms with Gasteiger partial charge in [-0.2, -0.15) is 0 Å². The molecule has 9 heteroatoms. The Hall–Kier alpha value is -2.68. The summed E-state index contributed by atoms with van der Waals surface area (Å²) in [6.45, 7) is 7.09. The molecule has 2 rings (SSSR count). The highest BCUT2D eigenvalue weighted by Gasteiger charge is 2.34. The van der Waals surface area contributed by atoms with Gasteiger partial charge in [0.15, 0.2) is 0 Å². The average Bonchev–Trinajstić information content (AvgIpc) is 2.82. The van der Waals surface area contributed by atoms with E-state index in [2.05, 4.69) is 16.0 Å². The van der Waals surface area contributed by atoms with Crippen molar-refractivity contribution in [2.45, 2.75) is 64.6 Å². The summed E-state index contributed by atoms with van der Waals surface area (Å²) in [5.41, 5.74) is 5.09. The van der Waals surface area contributed by atoms with Gasteiger partial charge in [-0.3, -0.25) is 14.4 Å². The van der Waals surface area contributed by atoms with Gasteiger partial charge in [0.1, 0.15) is 11.6 Å². The normalized spacial score (nSPS) is 13.0. The second kappa shape index (κ2) is 14.0. The van der Waals surface area contributed by atoms with Crippen LogP contribution < -0.4 is 21.7 Å². The number of carbonyl (C=O) groups excluding carboxylic acids is 3. The molecule has 0 saturated heterocycles. The summed E-state index contributed by atoms with van der Waals surface area (Å²) in [5, 5.41) is 20.1. The zero-order chi connectivity index (χ0) is 25.3. The van der Waals surface area contributed by atoms with Crippen molar-refractivity contribution in [3.63, 3.8) is 0 Å². The molecule has 2 aromatic rings. The summed E-state index contributed by atoms with van der Waals surface area (Å²) in [5.74, 6) is -1.27. The van der Waals surface area contributed by atoms with Crippen molar-refractivity contribution in [3.8, 4) is 0 Å². The standard InChI is InChI=1S/C26H38N4O4.ClH/c1-5-18(6-2)23(32)30-26(3,4)25(34)29-22(24(33)28-16-21(31)15-27)14-17-11-12-19-9-7-8-10-20(19)13-17;/h7-13,18,21-22,31H,5-6,14-16,27H2,1-4H3,(H,28,33)(H,29,34)(H,30,32);1H/t21?,22-;/m1./s1. The summed E-state index contributed by atoms with van der Waals surface area (Å²) in [6, 6.07) is 12.9. The van der Waals surface area contributed by atoms with Crippen molar-refractivity contribution in [1.29, 1.82) is 0 Å². The van der Waals surface area contributed by atoms with E-state index in [0.717, 1.165) is 16.3 Å². The highest BCUT2D eigenvalue weighted by molar-refractivity contribution is 5.95. The van der Waals surface area contributed by atoms with E-state index in [9.17, 15) is 19.5 Å². The molecular formula is C26H39ClN4O4. The number of nitrogens with two attached hydrogens (primary N) is 1. The molecule has 8 nitrogen and oxygen atoms in total.